The van der Waals surface area contributed by atoms with Crippen molar-refractivity contribution in [2.75, 3.05) is 12.3 Å². The van der Waals surface area contributed by atoms with Gasteiger partial charge in [0.15, 0.2) is 5.78 Å². The van der Waals surface area contributed by atoms with Gasteiger partial charge < -0.3 is 10.5 Å². The first-order valence-electron chi connectivity index (χ1n) is 5.55. The molecule has 0 unspecified atom stereocenters. The highest BCUT2D eigenvalue weighted by Gasteiger charge is 2.04. The molecule has 0 aliphatic heterocycles. The van der Waals surface area contributed by atoms with Crippen LogP contribution in [0.1, 0.15) is 25.8 Å². The van der Waals surface area contributed by atoms with Crippen molar-refractivity contribution in [3.05, 3.63) is 29.8 Å². The van der Waals surface area contributed by atoms with E-state index in [1.165, 1.54) is 0 Å². The fraction of sp³-hybridized carbons (Fsp3) is 0.462. The number of carbonyl (C=O) groups is 1. The van der Waals surface area contributed by atoms with Gasteiger partial charge in [-0.25, -0.2) is 0 Å². The Kier molecular flexibility index (Phi) is 4.99. The summed E-state index contributed by atoms with van der Waals surface area (Å²) in [5, 5.41) is 0. The minimum Gasteiger partial charge on any atom is -0.399 e. The first-order valence-corrected chi connectivity index (χ1v) is 5.55. The average Bonchev–Trinajstić information content (AvgIpc) is 2.25. The Morgan fingerprint density at radius 3 is 2.50 bits per heavy atom. The van der Waals surface area contributed by atoms with E-state index in [9.17, 15) is 4.79 Å². The van der Waals surface area contributed by atoms with Crippen molar-refractivity contribution in [2.45, 2.75) is 32.8 Å². The molecule has 1 aromatic carbocycles. The molecule has 1 rings (SSSR count). The minimum absolute atomic E-state index is 0.112. The van der Waals surface area contributed by atoms with E-state index in [2.05, 4.69) is 0 Å². The predicted octanol–water partition coefficient (Wildman–Crippen LogP) is 2.20. The van der Waals surface area contributed by atoms with Crippen LogP contribution in [0.25, 0.3) is 0 Å². The summed E-state index contributed by atoms with van der Waals surface area (Å²) in [6, 6.07) is 7.60. The van der Waals surface area contributed by atoms with E-state index < -0.39 is 0 Å². The third-order valence-electron chi connectivity index (χ3n) is 2.25. The molecule has 0 saturated carbocycles. The second-order valence-corrected chi connectivity index (χ2v) is 4.14. The van der Waals surface area contributed by atoms with Crippen LogP contribution in [-0.2, 0) is 16.0 Å². The van der Waals surface area contributed by atoms with Crippen LogP contribution in [0.15, 0.2) is 24.3 Å². The van der Waals surface area contributed by atoms with Crippen LogP contribution in [0.4, 0.5) is 5.69 Å². The van der Waals surface area contributed by atoms with Crippen LogP contribution < -0.4 is 5.73 Å². The van der Waals surface area contributed by atoms with Crippen molar-refractivity contribution in [1.82, 2.24) is 0 Å². The van der Waals surface area contributed by atoms with Crippen molar-refractivity contribution in [1.29, 1.82) is 0 Å². The number of nitrogens with two attached hydrogens (primary N) is 1. The van der Waals surface area contributed by atoms with Crippen LogP contribution in [0, 0.1) is 0 Å². The third-order valence-corrected chi connectivity index (χ3v) is 2.25. The zero-order chi connectivity index (χ0) is 12.0. The minimum atomic E-state index is 0.112. The molecule has 88 valence electrons. The lowest BCUT2D eigenvalue weighted by molar-refractivity contribution is -0.124. The number of benzene rings is 1. The number of ketones is 1. The summed E-state index contributed by atoms with van der Waals surface area (Å²) in [6.45, 7) is 4.06. The number of anilines is 1. The average molecular weight is 221 g/mol. The number of nitrogen functional groups attached to an aromatic ring is 1. The molecule has 0 bridgehead atoms. The molecule has 0 heterocycles. The Balaban J connectivity index is 2.29. The highest BCUT2D eigenvalue weighted by Crippen LogP contribution is 2.08. The summed E-state index contributed by atoms with van der Waals surface area (Å²) in [6.07, 6.45) is 1.39. The number of hydrogen-bond donors (Lipinski definition) is 1. The first-order chi connectivity index (χ1) is 7.58. The summed E-state index contributed by atoms with van der Waals surface area (Å²) in [5.41, 5.74) is 7.46. The molecule has 0 aliphatic carbocycles. The van der Waals surface area contributed by atoms with Crippen LogP contribution in [0.3, 0.4) is 0 Å². The Morgan fingerprint density at radius 1 is 1.31 bits per heavy atom. The number of aryl methyl sites for hydroxylation is 1. The summed E-state index contributed by atoms with van der Waals surface area (Å²) in [5.74, 6) is 0.144. The van der Waals surface area contributed by atoms with Gasteiger partial charge in [-0.05, 0) is 38.0 Å². The Hall–Kier alpha value is -1.35. The molecule has 0 radical (unpaired) electrons. The summed E-state index contributed by atoms with van der Waals surface area (Å²) in [4.78, 5) is 11.4. The van der Waals surface area contributed by atoms with Crippen molar-refractivity contribution in [3.8, 4) is 0 Å². The van der Waals surface area contributed by atoms with E-state index in [4.69, 9.17) is 10.5 Å². The normalized spacial score (nSPS) is 10.7. The molecular weight excluding hydrogens is 202 g/mol. The maximum absolute atomic E-state index is 11.4. The summed E-state index contributed by atoms with van der Waals surface area (Å²) in [7, 11) is 0. The SMILES string of the molecule is CC(C)OCC(=O)CCc1ccc(N)cc1. The molecule has 0 aromatic heterocycles. The largest absolute Gasteiger partial charge is 0.399 e. The van der Waals surface area contributed by atoms with Gasteiger partial charge in [-0.3, -0.25) is 4.79 Å². The van der Waals surface area contributed by atoms with Crippen molar-refractivity contribution < 1.29 is 9.53 Å². The van der Waals surface area contributed by atoms with Gasteiger partial charge in [0.05, 0.1) is 6.10 Å². The second kappa shape index (κ2) is 6.28. The molecule has 2 N–H and O–H groups in total. The third kappa shape index (κ3) is 4.94. The van der Waals surface area contributed by atoms with E-state index in [0.717, 1.165) is 17.7 Å². The lowest BCUT2D eigenvalue weighted by Gasteiger charge is -2.06. The molecule has 0 spiro atoms. The molecule has 3 nitrogen and oxygen atoms in total. The van der Waals surface area contributed by atoms with Gasteiger partial charge in [-0.15, -0.1) is 0 Å². The van der Waals surface area contributed by atoms with Gasteiger partial charge in [0.1, 0.15) is 6.61 Å². The van der Waals surface area contributed by atoms with E-state index in [1.807, 2.05) is 38.1 Å². The van der Waals surface area contributed by atoms with E-state index in [0.29, 0.717) is 6.42 Å². The molecule has 3 heteroatoms. The van der Waals surface area contributed by atoms with Crippen LogP contribution in [0.5, 0.6) is 0 Å². The van der Waals surface area contributed by atoms with E-state index in [-0.39, 0.29) is 18.5 Å². The van der Waals surface area contributed by atoms with Crippen molar-refractivity contribution in [3.63, 3.8) is 0 Å². The van der Waals surface area contributed by atoms with Gasteiger partial charge in [0, 0.05) is 12.1 Å². The van der Waals surface area contributed by atoms with Gasteiger partial charge in [0.2, 0.25) is 0 Å². The highest BCUT2D eigenvalue weighted by atomic mass is 16.5. The molecule has 0 amide bonds. The van der Waals surface area contributed by atoms with Gasteiger partial charge >= 0.3 is 0 Å². The highest BCUT2D eigenvalue weighted by molar-refractivity contribution is 5.79. The van der Waals surface area contributed by atoms with Crippen LogP contribution >= 0.6 is 0 Å². The number of rotatable bonds is 6. The lowest BCUT2D eigenvalue weighted by Crippen LogP contribution is -2.13. The van der Waals surface area contributed by atoms with Crippen molar-refractivity contribution >= 4 is 11.5 Å². The molecule has 1 aromatic rings. The number of Topliss-reactive ketones (excluding diaryl/α,β-unsaturated/α-hetero) is 1. The van der Waals surface area contributed by atoms with E-state index in [1.54, 1.807) is 0 Å². The van der Waals surface area contributed by atoms with Crippen LogP contribution in [0.2, 0.25) is 0 Å². The molecule has 0 atom stereocenters. The summed E-state index contributed by atoms with van der Waals surface area (Å²) >= 11 is 0. The maximum atomic E-state index is 11.4. The number of hydrogen-bond acceptors (Lipinski definition) is 3. The first kappa shape index (κ1) is 12.7. The van der Waals surface area contributed by atoms with Gasteiger partial charge in [-0.1, -0.05) is 12.1 Å². The van der Waals surface area contributed by atoms with Gasteiger partial charge in [-0.2, -0.15) is 0 Å². The topological polar surface area (TPSA) is 52.3 Å². The summed E-state index contributed by atoms with van der Waals surface area (Å²) < 4.78 is 5.24. The quantitative estimate of drug-likeness (QED) is 0.749. The van der Waals surface area contributed by atoms with Gasteiger partial charge in [0.25, 0.3) is 0 Å². The zero-order valence-electron chi connectivity index (χ0n) is 9.90. The number of ether oxygens (including phenoxy) is 1. The Bertz CT molecular complexity index is 330. The molecule has 0 aliphatic rings. The van der Waals surface area contributed by atoms with Crippen molar-refractivity contribution in [2.24, 2.45) is 0 Å². The van der Waals surface area contributed by atoms with E-state index >= 15 is 0 Å². The second-order valence-electron chi connectivity index (χ2n) is 4.14. The molecule has 16 heavy (non-hydrogen) atoms. The Labute approximate surface area is 96.6 Å². The lowest BCUT2D eigenvalue weighted by atomic mass is 10.1. The molecular formula is C13H19NO2. The maximum Gasteiger partial charge on any atom is 0.158 e. The number of carbonyl (C=O) groups excluding carboxylic acids is 1. The zero-order valence-corrected chi connectivity index (χ0v) is 9.90. The smallest absolute Gasteiger partial charge is 0.158 e. The standard InChI is InChI=1S/C13H19NO2/c1-10(2)16-9-13(15)8-5-11-3-6-12(14)7-4-11/h3-4,6-7,10H,5,8-9,14H2,1-2H3. The fourth-order valence-electron chi connectivity index (χ4n) is 1.30. The fourth-order valence-corrected chi connectivity index (χ4v) is 1.30. The predicted molar refractivity (Wildman–Crippen MR) is 65.3 cm³/mol. The monoisotopic (exact) mass is 221 g/mol. The Morgan fingerprint density at radius 2 is 1.94 bits per heavy atom. The molecule has 0 saturated heterocycles. The van der Waals surface area contributed by atoms with Crippen LogP contribution in [-0.4, -0.2) is 18.5 Å². The molecule has 0 fully saturated rings.